The van der Waals surface area contributed by atoms with Gasteiger partial charge in [-0.1, -0.05) is 12.1 Å². The first kappa shape index (κ1) is 16.8. The number of H-pyrrole nitrogens is 1. The van der Waals surface area contributed by atoms with E-state index in [-0.39, 0.29) is 22.8 Å². The molecular weight excluding hydrogens is 346 g/mol. The largest absolute Gasteiger partial charge is 0.417 e. The highest BCUT2D eigenvalue weighted by Gasteiger charge is 2.16. The number of oxazole rings is 1. The fourth-order valence-corrected chi connectivity index (χ4v) is 3.34. The quantitative estimate of drug-likeness (QED) is 0.631. The number of benzene rings is 2. The van der Waals surface area contributed by atoms with Gasteiger partial charge in [-0.2, -0.15) is 0 Å². The van der Waals surface area contributed by atoms with E-state index < -0.39 is 15.8 Å². The number of rotatable bonds is 5. The SMILES string of the molecule is CNC(=O)Cc1ccc(NS(=O)(=O)c2ccc3[nH]c(=O)oc3c2)cc1. The van der Waals surface area contributed by atoms with Crippen LogP contribution in [0.2, 0.25) is 0 Å². The molecule has 0 spiro atoms. The third kappa shape index (κ3) is 3.72. The molecule has 3 rings (SSSR count). The molecule has 2 aromatic carbocycles. The van der Waals surface area contributed by atoms with Crippen LogP contribution in [-0.4, -0.2) is 26.4 Å². The van der Waals surface area contributed by atoms with Crippen molar-refractivity contribution >= 4 is 32.7 Å². The highest BCUT2D eigenvalue weighted by Crippen LogP contribution is 2.20. The number of aromatic nitrogens is 1. The lowest BCUT2D eigenvalue weighted by Crippen LogP contribution is -2.19. The van der Waals surface area contributed by atoms with E-state index in [1.54, 1.807) is 31.3 Å². The van der Waals surface area contributed by atoms with E-state index in [1.165, 1.54) is 18.2 Å². The summed E-state index contributed by atoms with van der Waals surface area (Å²) in [6.45, 7) is 0. The van der Waals surface area contributed by atoms with Crippen LogP contribution in [0.5, 0.6) is 0 Å². The molecule has 8 nitrogen and oxygen atoms in total. The predicted octanol–water partition coefficient (Wildman–Crippen LogP) is 1.21. The monoisotopic (exact) mass is 361 g/mol. The van der Waals surface area contributed by atoms with E-state index in [4.69, 9.17) is 4.42 Å². The van der Waals surface area contributed by atoms with Gasteiger partial charge in [0.2, 0.25) is 5.91 Å². The molecule has 0 aliphatic heterocycles. The van der Waals surface area contributed by atoms with Gasteiger partial charge < -0.3 is 9.73 Å². The molecule has 130 valence electrons. The minimum atomic E-state index is -3.84. The van der Waals surface area contributed by atoms with E-state index in [1.807, 2.05) is 0 Å². The van der Waals surface area contributed by atoms with Crippen molar-refractivity contribution in [2.24, 2.45) is 0 Å². The molecule has 0 aliphatic carbocycles. The van der Waals surface area contributed by atoms with Crippen molar-refractivity contribution in [1.82, 2.24) is 10.3 Å². The normalized spacial score (nSPS) is 11.4. The number of amides is 1. The third-order valence-corrected chi connectivity index (χ3v) is 4.93. The molecule has 0 bridgehead atoms. The topological polar surface area (TPSA) is 121 Å². The van der Waals surface area contributed by atoms with Gasteiger partial charge in [-0.15, -0.1) is 0 Å². The fourth-order valence-electron chi connectivity index (χ4n) is 2.27. The first-order valence-corrected chi connectivity index (χ1v) is 8.81. The van der Waals surface area contributed by atoms with Gasteiger partial charge in [0.25, 0.3) is 10.0 Å². The molecule has 1 amide bonds. The molecule has 0 radical (unpaired) electrons. The lowest BCUT2D eigenvalue weighted by molar-refractivity contribution is -0.119. The summed E-state index contributed by atoms with van der Waals surface area (Å²) in [6, 6.07) is 10.6. The number of fused-ring (bicyclic) bond motifs is 1. The first-order valence-electron chi connectivity index (χ1n) is 7.32. The van der Waals surface area contributed by atoms with Crippen molar-refractivity contribution in [2.75, 3.05) is 11.8 Å². The van der Waals surface area contributed by atoms with Gasteiger partial charge in [-0.25, -0.2) is 13.2 Å². The summed E-state index contributed by atoms with van der Waals surface area (Å²) in [6.07, 6.45) is 0.215. The number of sulfonamides is 1. The molecule has 1 heterocycles. The van der Waals surface area contributed by atoms with Gasteiger partial charge in [-0.3, -0.25) is 14.5 Å². The van der Waals surface area contributed by atoms with Crippen LogP contribution >= 0.6 is 0 Å². The number of nitrogens with one attached hydrogen (secondary N) is 3. The molecule has 0 saturated carbocycles. The number of likely N-dealkylation sites (N-methyl/N-ethyl adjacent to an activating group) is 1. The molecule has 0 aliphatic rings. The smallest absolute Gasteiger partial charge is 0.408 e. The van der Waals surface area contributed by atoms with Gasteiger partial charge in [0.15, 0.2) is 5.58 Å². The molecule has 3 N–H and O–H groups in total. The summed E-state index contributed by atoms with van der Waals surface area (Å²) in [7, 11) is -2.29. The zero-order valence-corrected chi connectivity index (χ0v) is 14.0. The summed E-state index contributed by atoms with van der Waals surface area (Å²) in [5, 5.41) is 2.52. The summed E-state index contributed by atoms with van der Waals surface area (Å²) in [5.41, 5.74) is 1.70. The Morgan fingerprint density at radius 1 is 1.16 bits per heavy atom. The van der Waals surface area contributed by atoms with Gasteiger partial charge in [0.05, 0.1) is 16.8 Å². The first-order chi connectivity index (χ1) is 11.9. The minimum Gasteiger partial charge on any atom is -0.408 e. The molecule has 9 heteroatoms. The van der Waals surface area contributed by atoms with E-state index in [9.17, 15) is 18.0 Å². The Balaban J connectivity index is 1.82. The highest BCUT2D eigenvalue weighted by molar-refractivity contribution is 7.92. The zero-order valence-electron chi connectivity index (χ0n) is 13.2. The Morgan fingerprint density at radius 2 is 1.88 bits per heavy atom. The summed E-state index contributed by atoms with van der Waals surface area (Å²) in [4.78, 5) is 24.9. The maximum absolute atomic E-state index is 12.5. The molecule has 0 saturated heterocycles. The fraction of sp³-hybridized carbons (Fsp3) is 0.125. The molecule has 0 fully saturated rings. The summed E-state index contributed by atoms with van der Waals surface area (Å²) in [5.74, 6) is -0.779. The Hall–Kier alpha value is -3.07. The molecule has 1 aromatic heterocycles. The summed E-state index contributed by atoms with van der Waals surface area (Å²) < 4.78 is 32.2. The van der Waals surface area contributed by atoms with E-state index in [2.05, 4.69) is 15.0 Å². The Morgan fingerprint density at radius 3 is 2.56 bits per heavy atom. The molecular formula is C16H15N3O5S. The van der Waals surface area contributed by atoms with E-state index >= 15 is 0 Å². The van der Waals surface area contributed by atoms with Crippen LogP contribution < -0.4 is 15.8 Å². The maximum Gasteiger partial charge on any atom is 0.417 e. The Labute approximate surface area is 142 Å². The number of hydrogen-bond acceptors (Lipinski definition) is 5. The van der Waals surface area contributed by atoms with Crippen LogP contribution in [0.15, 0.2) is 56.6 Å². The Bertz CT molecular complexity index is 1080. The number of carbonyl (C=O) groups excluding carboxylic acids is 1. The van der Waals surface area contributed by atoms with Crippen LogP contribution in [-0.2, 0) is 21.2 Å². The minimum absolute atomic E-state index is 0.0304. The van der Waals surface area contributed by atoms with Gasteiger partial charge in [0.1, 0.15) is 0 Å². The molecule has 25 heavy (non-hydrogen) atoms. The van der Waals surface area contributed by atoms with Gasteiger partial charge >= 0.3 is 5.76 Å². The summed E-state index contributed by atoms with van der Waals surface area (Å²) >= 11 is 0. The number of carbonyl (C=O) groups is 1. The van der Waals surface area contributed by atoms with Crippen molar-refractivity contribution in [3.05, 3.63) is 58.6 Å². The van der Waals surface area contributed by atoms with E-state index in [0.29, 0.717) is 11.2 Å². The Kier molecular flexibility index (Phi) is 4.32. The van der Waals surface area contributed by atoms with Crippen molar-refractivity contribution in [3.63, 3.8) is 0 Å². The lowest BCUT2D eigenvalue weighted by Gasteiger charge is -2.09. The van der Waals surface area contributed by atoms with Crippen LogP contribution in [0.1, 0.15) is 5.56 Å². The van der Waals surface area contributed by atoms with Crippen molar-refractivity contribution in [1.29, 1.82) is 0 Å². The van der Waals surface area contributed by atoms with Crippen LogP contribution in [0.3, 0.4) is 0 Å². The lowest BCUT2D eigenvalue weighted by atomic mass is 10.1. The van der Waals surface area contributed by atoms with E-state index in [0.717, 1.165) is 5.56 Å². The second kappa shape index (κ2) is 6.44. The predicted molar refractivity (Wildman–Crippen MR) is 91.9 cm³/mol. The molecule has 0 unspecified atom stereocenters. The second-order valence-corrected chi connectivity index (χ2v) is 7.01. The maximum atomic E-state index is 12.5. The van der Waals surface area contributed by atoms with Gasteiger partial charge in [0, 0.05) is 18.8 Å². The number of anilines is 1. The zero-order chi connectivity index (χ0) is 18.0. The molecule has 0 atom stereocenters. The van der Waals surface area contributed by atoms with Crippen molar-refractivity contribution < 1.29 is 17.6 Å². The number of hydrogen-bond donors (Lipinski definition) is 3. The van der Waals surface area contributed by atoms with Gasteiger partial charge in [-0.05, 0) is 29.8 Å². The highest BCUT2D eigenvalue weighted by atomic mass is 32.2. The van der Waals surface area contributed by atoms with Crippen LogP contribution in [0.4, 0.5) is 5.69 Å². The van der Waals surface area contributed by atoms with Crippen LogP contribution in [0, 0.1) is 0 Å². The van der Waals surface area contributed by atoms with Crippen LogP contribution in [0.25, 0.3) is 11.1 Å². The van der Waals surface area contributed by atoms with Crippen molar-refractivity contribution in [3.8, 4) is 0 Å². The average molecular weight is 361 g/mol. The number of aromatic amines is 1. The average Bonchev–Trinajstić information content (AvgIpc) is 2.95. The third-order valence-electron chi connectivity index (χ3n) is 3.55. The second-order valence-electron chi connectivity index (χ2n) is 5.32. The molecule has 3 aromatic rings. The standard InChI is InChI=1S/C16H15N3O5S/c1-17-15(20)8-10-2-4-11(5-3-10)19-25(22,23)12-6-7-13-14(9-12)24-16(21)18-13/h2-7,9,19H,8H2,1H3,(H,17,20)(H,18,21). The van der Waals surface area contributed by atoms with Crippen molar-refractivity contribution in [2.45, 2.75) is 11.3 Å².